The summed E-state index contributed by atoms with van der Waals surface area (Å²) in [4.78, 5) is 13.6. The zero-order valence-corrected chi connectivity index (χ0v) is 19.7. The maximum Gasteiger partial charge on any atom is 0.193 e. The number of nitrogens with one attached hydrogen (secondary N) is 1. The Bertz CT molecular complexity index is 731. The number of hydrogen-bond donors (Lipinski definition) is 1. The predicted octanol–water partition coefficient (Wildman–Crippen LogP) is 2.82. The number of hydrogen-bond acceptors (Lipinski definition) is 4. The van der Waals surface area contributed by atoms with Crippen molar-refractivity contribution in [2.24, 2.45) is 4.99 Å². The van der Waals surface area contributed by atoms with E-state index in [9.17, 15) is 0 Å². The second-order valence-electron chi connectivity index (χ2n) is 7.02. The molecule has 1 aromatic heterocycles. The van der Waals surface area contributed by atoms with E-state index in [1.54, 1.807) is 0 Å². The van der Waals surface area contributed by atoms with Crippen molar-refractivity contribution >= 4 is 29.9 Å². The molecule has 0 amide bonds. The van der Waals surface area contributed by atoms with Crippen molar-refractivity contribution in [1.29, 1.82) is 0 Å². The van der Waals surface area contributed by atoms with Crippen molar-refractivity contribution in [1.82, 2.24) is 20.1 Å². The molecule has 0 atom stereocenters. The summed E-state index contributed by atoms with van der Waals surface area (Å²) >= 11 is 0. The molecular weight excluding hydrogens is 477 g/mol. The lowest BCUT2D eigenvalue weighted by Crippen LogP contribution is -2.53. The Hall–Kier alpha value is -1.87. The van der Waals surface area contributed by atoms with E-state index in [1.165, 1.54) is 5.56 Å². The number of halogens is 1. The highest BCUT2D eigenvalue weighted by Gasteiger charge is 2.19. The summed E-state index contributed by atoms with van der Waals surface area (Å²) in [6.07, 6.45) is 2.90. The van der Waals surface area contributed by atoms with E-state index in [-0.39, 0.29) is 24.0 Å². The first-order valence-corrected chi connectivity index (χ1v) is 10.0. The Morgan fingerprint density at radius 2 is 1.86 bits per heavy atom. The van der Waals surface area contributed by atoms with Gasteiger partial charge in [-0.1, -0.05) is 24.3 Å². The number of guanidine groups is 1. The van der Waals surface area contributed by atoms with Gasteiger partial charge in [-0.2, -0.15) is 0 Å². The van der Waals surface area contributed by atoms with Gasteiger partial charge in [0.15, 0.2) is 5.96 Å². The zero-order chi connectivity index (χ0) is 19.6. The number of benzene rings is 1. The van der Waals surface area contributed by atoms with Crippen LogP contribution in [0.4, 0.5) is 0 Å². The van der Waals surface area contributed by atoms with Gasteiger partial charge in [0.1, 0.15) is 12.4 Å². The smallest absolute Gasteiger partial charge is 0.193 e. The van der Waals surface area contributed by atoms with Gasteiger partial charge in [0, 0.05) is 58.2 Å². The van der Waals surface area contributed by atoms with Crippen LogP contribution in [0.3, 0.4) is 0 Å². The SMILES string of the molecule is CN=C(NCCc1ccc(C)nc1)N1CCN(CCOc2ccccc2)CC1.I. The predicted molar refractivity (Wildman–Crippen MR) is 129 cm³/mol. The molecule has 0 radical (unpaired) electrons. The molecule has 158 valence electrons. The third-order valence-electron chi connectivity index (χ3n) is 4.97. The van der Waals surface area contributed by atoms with Gasteiger partial charge in [0.05, 0.1) is 0 Å². The maximum atomic E-state index is 5.81. The molecule has 6 nitrogen and oxygen atoms in total. The summed E-state index contributed by atoms with van der Waals surface area (Å²) in [7, 11) is 1.86. The molecule has 0 spiro atoms. The second-order valence-corrected chi connectivity index (χ2v) is 7.02. The molecule has 1 saturated heterocycles. The van der Waals surface area contributed by atoms with E-state index < -0.39 is 0 Å². The van der Waals surface area contributed by atoms with Gasteiger partial charge in [-0.05, 0) is 37.1 Å². The Labute approximate surface area is 191 Å². The van der Waals surface area contributed by atoms with Gasteiger partial charge in [-0.25, -0.2) is 0 Å². The van der Waals surface area contributed by atoms with Crippen LogP contribution in [-0.4, -0.2) is 73.7 Å². The Balaban J connectivity index is 0.00000300. The van der Waals surface area contributed by atoms with E-state index >= 15 is 0 Å². The van der Waals surface area contributed by atoms with Crippen LogP contribution in [0, 0.1) is 6.92 Å². The van der Waals surface area contributed by atoms with Crippen molar-refractivity contribution in [3.63, 3.8) is 0 Å². The first-order chi connectivity index (χ1) is 13.7. The van der Waals surface area contributed by atoms with Crippen LogP contribution >= 0.6 is 24.0 Å². The number of aromatic nitrogens is 1. The van der Waals surface area contributed by atoms with Crippen LogP contribution in [0.5, 0.6) is 5.75 Å². The van der Waals surface area contributed by atoms with Crippen molar-refractivity contribution < 1.29 is 4.74 Å². The number of ether oxygens (including phenoxy) is 1. The van der Waals surface area contributed by atoms with Crippen LogP contribution in [0.15, 0.2) is 53.7 Å². The second kappa shape index (κ2) is 12.6. The highest BCUT2D eigenvalue weighted by atomic mass is 127. The number of aryl methyl sites for hydroxylation is 1. The molecule has 0 bridgehead atoms. The molecule has 7 heteroatoms. The molecule has 1 aliphatic heterocycles. The normalized spacial score (nSPS) is 15.0. The van der Waals surface area contributed by atoms with E-state index in [0.29, 0.717) is 0 Å². The van der Waals surface area contributed by atoms with E-state index in [0.717, 1.165) is 69.7 Å². The molecule has 1 N–H and O–H groups in total. The lowest BCUT2D eigenvalue weighted by Gasteiger charge is -2.36. The first kappa shape index (κ1) is 23.4. The maximum absolute atomic E-state index is 5.81. The summed E-state index contributed by atoms with van der Waals surface area (Å²) in [5.41, 5.74) is 2.30. The lowest BCUT2D eigenvalue weighted by molar-refractivity contribution is 0.152. The van der Waals surface area contributed by atoms with Gasteiger partial charge in [-0.3, -0.25) is 14.9 Å². The number of nitrogens with zero attached hydrogens (tertiary/aromatic N) is 4. The molecule has 0 unspecified atom stereocenters. The van der Waals surface area contributed by atoms with Crippen LogP contribution < -0.4 is 10.1 Å². The lowest BCUT2D eigenvalue weighted by atomic mass is 10.2. The summed E-state index contributed by atoms with van der Waals surface area (Å²) in [6, 6.07) is 14.2. The average Bonchev–Trinajstić information content (AvgIpc) is 2.74. The fourth-order valence-corrected chi connectivity index (χ4v) is 3.29. The van der Waals surface area contributed by atoms with E-state index in [1.807, 2.05) is 50.5 Å². The highest BCUT2D eigenvalue weighted by Crippen LogP contribution is 2.09. The van der Waals surface area contributed by atoms with Gasteiger partial charge >= 0.3 is 0 Å². The number of para-hydroxylation sites is 1. The number of piperazine rings is 1. The molecule has 1 aromatic carbocycles. The van der Waals surface area contributed by atoms with Gasteiger partial charge in [-0.15, -0.1) is 24.0 Å². The fourth-order valence-electron chi connectivity index (χ4n) is 3.29. The number of aliphatic imine (C=N–C) groups is 1. The van der Waals surface area contributed by atoms with Gasteiger partial charge in [0.2, 0.25) is 0 Å². The van der Waals surface area contributed by atoms with Crippen molar-refractivity contribution in [3.05, 3.63) is 59.9 Å². The third kappa shape index (κ3) is 7.81. The molecule has 1 aliphatic rings. The first-order valence-electron chi connectivity index (χ1n) is 10.0. The minimum Gasteiger partial charge on any atom is -0.492 e. The molecule has 3 rings (SSSR count). The van der Waals surface area contributed by atoms with Crippen molar-refractivity contribution in [2.45, 2.75) is 13.3 Å². The van der Waals surface area contributed by atoms with Gasteiger partial charge < -0.3 is 15.0 Å². The topological polar surface area (TPSA) is 53.0 Å². The third-order valence-corrected chi connectivity index (χ3v) is 4.97. The van der Waals surface area contributed by atoms with Crippen LogP contribution in [0.2, 0.25) is 0 Å². The molecule has 2 aromatic rings. The van der Waals surface area contributed by atoms with Crippen molar-refractivity contribution in [3.8, 4) is 5.75 Å². The zero-order valence-electron chi connectivity index (χ0n) is 17.4. The van der Waals surface area contributed by atoms with Crippen LogP contribution in [0.25, 0.3) is 0 Å². The Kier molecular flexibility index (Phi) is 10.2. The van der Waals surface area contributed by atoms with E-state index in [2.05, 4.69) is 37.2 Å². The quantitative estimate of drug-likeness (QED) is 0.354. The van der Waals surface area contributed by atoms with Crippen LogP contribution in [0.1, 0.15) is 11.3 Å². The van der Waals surface area contributed by atoms with Crippen LogP contribution in [-0.2, 0) is 6.42 Å². The molecule has 29 heavy (non-hydrogen) atoms. The minimum atomic E-state index is 0. The summed E-state index contributed by atoms with van der Waals surface area (Å²) < 4.78 is 5.81. The monoisotopic (exact) mass is 509 g/mol. The molecule has 0 saturated carbocycles. The molecule has 0 aliphatic carbocycles. The number of pyridine rings is 1. The largest absolute Gasteiger partial charge is 0.492 e. The summed E-state index contributed by atoms with van der Waals surface area (Å²) in [5, 5.41) is 3.49. The summed E-state index contributed by atoms with van der Waals surface area (Å²) in [5.74, 6) is 1.93. The average molecular weight is 509 g/mol. The fraction of sp³-hybridized carbons (Fsp3) is 0.455. The van der Waals surface area contributed by atoms with Gasteiger partial charge in [0.25, 0.3) is 0 Å². The molecular formula is C22H32IN5O. The molecule has 2 heterocycles. The standard InChI is InChI=1S/C22H31N5O.HI/c1-19-8-9-20(18-25-19)10-11-24-22(23-2)27-14-12-26(13-15-27)16-17-28-21-6-4-3-5-7-21;/h3-9,18H,10-17H2,1-2H3,(H,23,24);1H. The summed E-state index contributed by atoms with van der Waals surface area (Å²) in [6.45, 7) is 8.58. The highest BCUT2D eigenvalue weighted by molar-refractivity contribution is 14.0. The Morgan fingerprint density at radius 1 is 1.10 bits per heavy atom. The van der Waals surface area contributed by atoms with Crippen molar-refractivity contribution in [2.75, 3.05) is 52.9 Å². The van der Waals surface area contributed by atoms with E-state index in [4.69, 9.17) is 4.74 Å². The Morgan fingerprint density at radius 3 is 2.52 bits per heavy atom. The molecule has 1 fully saturated rings. The minimum absolute atomic E-state index is 0. The number of rotatable bonds is 7.